The van der Waals surface area contributed by atoms with Crippen LogP contribution in [-0.2, 0) is 4.74 Å². The minimum Gasteiger partial charge on any atom is -0.496 e. The van der Waals surface area contributed by atoms with Crippen LogP contribution in [0.5, 0.6) is 5.75 Å². The van der Waals surface area contributed by atoms with Gasteiger partial charge in [0.1, 0.15) is 22.8 Å². The topological polar surface area (TPSA) is 48.7 Å². The van der Waals surface area contributed by atoms with Crippen LogP contribution in [0, 0.1) is 13.8 Å². The van der Waals surface area contributed by atoms with Crippen LogP contribution in [0.25, 0.3) is 11.3 Å². The fourth-order valence-corrected chi connectivity index (χ4v) is 2.15. The summed E-state index contributed by atoms with van der Waals surface area (Å²) in [6.07, 6.45) is 0. The SMILES string of the molecule is COC(=O)c1c(C)oc(-c2ccccc2OC)c1C. The number of furan rings is 1. The standard InChI is InChI=1S/C15H16O4/c1-9-13(15(16)18-4)10(2)19-14(9)11-7-5-6-8-12(11)17-3/h5-8H,1-4H3. The van der Waals surface area contributed by atoms with Crippen LogP contribution >= 0.6 is 0 Å². The molecule has 0 aliphatic rings. The van der Waals surface area contributed by atoms with E-state index in [-0.39, 0.29) is 5.97 Å². The first-order valence-electron chi connectivity index (χ1n) is 5.91. The highest BCUT2D eigenvalue weighted by molar-refractivity contribution is 5.94. The second-order valence-corrected chi connectivity index (χ2v) is 4.18. The summed E-state index contributed by atoms with van der Waals surface area (Å²) >= 11 is 0. The number of benzene rings is 1. The van der Waals surface area contributed by atoms with Gasteiger partial charge in [0.15, 0.2) is 0 Å². The van der Waals surface area contributed by atoms with Crippen molar-refractivity contribution in [1.82, 2.24) is 0 Å². The molecule has 0 saturated heterocycles. The highest BCUT2D eigenvalue weighted by atomic mass is 16.5. The highest BCUT2D eigenvalue weighted by Gasteiger charge is 2.23. The van der Waals surface area contributed by atoms with Crippen LogP contribution in [-0.4, -0.2) is 20.2 Å². The Morgan fingerprint density at radius 3 is 2.47 bits per heavy atom. The van der Waals surface area contributed by atoms with Crippen LogP contribution in [0.4, 0.5) is 0 Å². The summed E-state index contributed by atoms with van der Waals surface area (Å²) in [6.45, 7) is 3.59. The molecule has 1 aromatic carbocycles. The van der Waals surface area contributed by atoms with Crippen molar-refractivity contribution in [3.8, 4) is 17.1 Å². The maximum absolute atomic E-state index is 11.7. The van der Waals surface area contributed by atoms with E-state index >= 15 is 0 Å². The van der Waals surface area contributed by atoms with Crippen LogP contribution in [0.3, 0.4) is 0 Å². The number of carbonyl (C=O) groups is 1. The van der Waals surface area contributed by atoms with E-state index in [1.807, 2.05) is 31.2 Å². The molecule has 0 aliphatic carbocycles. The number of aryl methyl sites for hydroxylation is 1. The summed E-state index contributed by atoms with van der Waals surface area (Å²) in [6, 6.07) is 7.53. The van der Waals surface area contributed by atoms with E-state index in [1.54, 1.807) is 14.0 Å². The molecule has 0 atom stereocenters. The molecule has 1 aromatic heterocycles. The van der Waals surface area contributed by atoms with Gasteiger partial charge in [-0.3, -0.25) is 0 Å². The number of esters is 1. The number of hydrogen-bond acceptors (Lipinski definition) is 4. The van der Waals surface area contributed by atoms with E-state index in [2.05, 4.69) is 0 Å². The molecule has 0 amide bonds. The van der Waals surface area contributed by atoms with Gasteiger partial charge >= 0.3 is 5.97 Å². The number of carbonyl (C=O) groups excluding carboxylic acids is 1. The lowest BCUT2D eigenvalue weighted by Gasteiger charge is -2.06. The van der Waals surface area contributed by atoms with Crippen molar-refractivity contribution in [3.05, 3.63) is 41.2 Å². The van der Waals surface area contributed by atoms with Gasteiger partial charge in [-0.15, -0.1) is 0 Å². The predicted octanol–water partition coefficient (Wildman–Crippen LogP) is 3.36. The number of rotatable bonds is 3. The van der Waals surface area contributed by atoms with Crippen LogP contribution in [0.2, 0.25) is 0 Å². The molecule has 0 radical (unpaired) electrons. The molecule has 19 heavy (non-hydrogen) atoms. The smallest absolute Gasteiger partial charge is 0.341 e. The molecule has 0 fully saturated rings. The third-order valence-electron chi connectivity index (χ3n) is 3.06. The molecule has 0 N–H and O–H groups in total. The molecule has 0 spiro atoms. The van der Waals surface area contributed by atoms with Crippen molar-refractivity contribution >= 4 is 5.97 Å². The first-order chi connectivity index (χ1) is 9.10. The number of hydrogen-bond donors (Lipinski definition) is 0. The van der Waals surface area contributed by atoms with E-state index in [1.165, 1.54) is 7.11 Å². The minimum absolute atomic E-state index is 0.389. The molecule has 2 rings (SSSR count). The maximum Gasteiger partial charge on any atom is 0.341 e. The normalized spacial score (nSPS) is 10.3. The summed E-state index contributed by atoms with van der Waals surface area (Å²) < 4.78 is 15.8. The fraction of sp³-hybridized carbons (Fsp3) is 0.267. The molecule has 0 aliphatic heterocycles. The van der Waals surface area contributed by atoms with E-state index in [4.69, 9.17) is 13.9 Å². The Balaban J connectivity index is 2.61. The van der Waals surface area contributed by atoms with Crippen molar-refractivity contribution in [1.29, 1.82) is 0 Å². The summed E-state index contributed by atoms with van der Waals surface area (Å²) in [5.41, 5.74) is 2.05. The second kappa shape index (κ2) is 5.18. The zero-order valence-electron chi connectivity index (χ0n) is 11.4. The van der Waals surface area contributed by atoms with E-state index in [0.29, 0.717) is 22.8 Å². The second-order valence-electron chi connectivity index (χ2n) is 4.18. The lowest BCUT2D eigenvalue weighted by Crippen LogP contribution is -2.03. The van der Waals surface area contributed by atoms with Crippen molar-refractivity contribution in [2.75, 3.05) is 14.2 Å². The van der Waals surface area contributed by atoms with Gasteiger partial charge in [-0.1, -0.05) is 12.1 Å². The Morgan fingerprint density at radius 2 is 1.84 bits per heavy atom. The van der Waals surface area contributed by atoms with Crippen LogP contribution in [0.1, 0.15) is 21.7 Å². The summed E-state index contributed by atoms with van der Waals surface area (Å²) in [5.74, 6) is 1.50. The zero-order valence-corrected chi connectivity index (χ0v) is 11.4. The van der Waals surface area contributed by atoms with Gasteiger partial charge < -0.3 is 13.9 Å². The van der Waals surface area contributed by atoms with Gasteiger partial charge in [-0.2, -0.15) is 0 Å². The average Bonchev–Trinajstić information content (AvgIpc) is 2.73. The molecular weight excluding hydrogens is 244 g/mol. The molecule has 0 unspecified atom stereocenters. The summed E-state index contributed by atoms with van der Waals surface area (Å²) in [5, 5.41) is 0. The van der Waals surface area contributed by atoms with E-state index in [9.17, 15) is 4.79 Å². The van der Waals surface area contributed by atoms with E-state index in [0.717, 1.165) is 11.1 Å². The summed E-state index contributed by atoms with van der Waals surface area (Å²) in [4.78, 5) is 11.7. The van der Waals surface area contributed by atoms with Crippen molar-refractivity contribution in [2.24, 2.45) is 0 Å². The number of ether oxygens (including phenoxy) is 2. The number of methoxy groups -OCH3 is 2. The Hall–Kier alpha value is -2.23. The predicted molar refractivity (Wildman–Crippen MR) is 71.5 cm³/mol. The first kappa shape index (κ1) is 13.2. The van der Waals surface area contributed by atoms with Gasteiger partial charge in [0.05, 0.1) is 19.8 Å². The quantitative estimate of drug-likeness (QED) is 0.794. The highest BCUT2D eigenvalue weighted by Crippen LogP contribution is 2.36. The number of para-hydroxylation sites is 1. The molecule has 1 heterocycles. The van der Waals surface area contributed by atoms with Crippen molar-refractivity contribution in [2.45, 2.75) is 13.8 Å². The largest absolute Gasteiger partial charge is 0.496 e. The van der Waals surface area contributed by atoms with Crippen molar-refractivity contribution in [3.63, 3.8) is 0 Å². The summed E-state index contributed by atoms with van der Waals surface area (Å²) in [7, 11) is 2.96. The Labute approximate surface area is 111 Å². The average molecular weight is 260 g/mol. The lowest BCUT2D eigenvalue weighted by molar-refractivity contribution is 0.0598. The van der Waals surface area contributed by atoms with Gasteiger partial charge in [-0.25, -0.2) is 4.79 Å². The molecular formula is C15H16O4. The maximum atomic E-state index is 11.7. The van der Waals surface area contributed by atoms with Crippen molar-refractivity contribution < 1.29 is 18.7 Å². The zero-order chi connectivity index (χ0) is 14.0. The minimum atomic E-state index is -0.389. The molecule has 100 valence electrons. The third kappa shape index (κ3) is 2.21. The van der Waals surface area contributed by atoms with E-state index < -0.39 is 0 Å². The van der Waals surface area contributed by atoms with Gasteiger partial charge in [-0.05, 0) is 26.0 Å². The molecule has 4 nitrogen and oxygen atoms in total. The Kier molecular flexibility index (Phi) is 3.60. The molecule has 4 heteroatoms. The van der Waals surface area contributed by atoms with Crippen LogP contribution in [0.15, 0.2) is 28.7 Å². The first-order valence-corrected chi connectivity index (χ1v) is 5.91. The van der Waals surface area contributed by atoms with Gasteiger partial charge in [0.2, 0.25) is 0 Å². The lowest BCUT2D eigenvalue weighted by atomic mass is 10.0. The molecule has 2 aromatic rings. The Bertz CT molecular complexity index is 611. The van der Waals surface area contributed by atoms with Crippen LogP contribution < -0.4 is 4.74 Å². The third-order valence-corrected chi connectivity index (χ3v) is 3.06. The van der Waals surface area contributed by atoms with Gasteiger partial charge in [0.25, 0.3) is 0 Å². The monoisotopic (exact) mass is 260 g/mol. The Morgan fingerprint density at radius 1 is 1.16 bits per heavy atom. The van der Waals surface area contributed by atoms with Gasteiger partial charge in [0, 0.05) is 5.56 Å². The fourth-order valence-electron chi connectivity index (χ4n) is 2.15. The molecule has 0 saturated carbocycles. The molecule has 0 bridgehead atoms.